The van der Waals surface area contributed by atoms with Gasteiger partial charge in [-0.25, -0.2) is 4.98 Å². The molecule has 6 heteroatoms. The normalized spacial score (nSPS) is 16.5. The third kappa shape index (κ3) is 4.07. The second-order valence-electron chi connectivity index (χ2n) is 6.92. The van der Waals surface area contributed by atoms with Crippen LogP contribution in [0, 0.1) is 6.92 Å². The molecule has 1 amide bonds. The maximum Gasteiger partial charge on any atom is 0.260 e. The molecule has 1 aromatic heterocycles. The fraction of sp³-hybridized carbons (Fsp3) is 0.500. The van der Waals surface area contributed by atoms with Crippen molar-refractivity contribution in [1.82, 2.24) is 14.5 Å². The average Bonchev–Trinajstić information content (AvgIpc) is 3.08. The number of aromatic nitrogens is 2. The van der Waals surface area contributed by atoms with Crippen molar-refractivity contribution in [3.05, 3.63) is 48.0 Å². The minimum atomic E-state index is 0.0198. The summed E-state index contributed by atoms with van der Waals surface area (Å²) in [4.78, 5) is 18.8. The Balaban J connectivity index is 1.55. The van der Waals surface area contributed by atoms with Gasteiger partial charge < -0.3 is 19.3 Å². The van der Waals surface area contributed by atoms with Crippen LogP contribution in [0.2, 0.25) is 0 Å². The lowest BCUT2D eigenvalue weighted by Crippen LogP contribution is -2.41. The molecular weight excluding hydrogens is 330 g/mol. The number of carbonyl (C=O) groups is 1. The number of aryl methyl sites for hydroxylation is 1. The first-order chi connectivity index (χ1) is 12.6. The van der Waals surface area contributed by atoms with E-state index in [9.17, 15) is 9.90 Å². The van der Waals surface area contributed by atoms with E-state index in [-0.39, 0.29) is 25.2 Å². The van der Waals surface area contributed by atoms with Crippen LogP contribution in [0.4, 0.5) is 0 Å². The molecule has 1 aliphatic heterocycles. The molecule has 1 aromatic carbocycles. The highest BCUT2D eigenvalue weighted by atomic mass is 16.5. The molecule has 0 aliphatic carbocycles. The van der Waals surface area contributed by atoms with Gasteiger partial charge in [0.25, 0.3) is 5.91 Å². The molecule has 2 aromatic rings. The van der Waals surface area contributed by atoms with Crippen molar-refractivity contribution in [2.24, 2.45) is 0 Å². The summed E-state index contributed by atoms with van der Waals surface area (Å²) in [7, 11) is 0. The smallest absolute Gasteiger partial charge is 0.260 e. The summed E-state index contributed by atoms with van der Waals surface area (Å²) >= 11 is 0. The minimum absolute atomic E-state index is 0.0198. The number of aliphatic hydroxyl groups excluding tert-OH is 1. The van der Waals surface area contributed by atoms with Crippen LogP contribution in [-0.4, -0.2) is 51.8 Å². The maximum absolute atomic E-state index is 12.4. The largest absolute Gasteiger partial charge is 0.484 e. The Morgan fingerprint density at radius 3 is 2.65 bits per heavy atom. The zero-order valence-corrected chi connectivity index (χ0v) is 15.5. The molecule has 0 unspecified atom stereocenters. The molecule has 1 atom stereocenters. The van der Waals surface area contributed by atoms with E-state index < -0.39 is 0 Å². The van der Waals surface area contributed by atoms with Crippen LogP contribution < -0.4 is 4.74 Å². The molecule has 140 valence electrons. The zero-order chi connectivity index (χ0) is 18.5. The van der Waals surface area contributed by atoms with Gasteiger partial charge in [0.15, 0.2) is 6.61 Å². The fourth-order valence-electron chi connectivity index (χ4n) is 3.56. The summed E-state index contributed by atoms with van der Waals surface area (Å²) < 4.78 is 7.69. The number of rotatable bonds is 6. The van der Waals surface area contributed by atoms with Crippen LogP contribution in [0.3, 0.4) is 0 Å². The van der Waals surface area contributed by atoms with Crippen LogP contribution >= 0.6 is 0 Å². The minimum Gasteiger partial charge on any atom is -0.484 e. The Morgan fingerprint density at radius 1 is 1.31 bits per heavy atom. The average molecular weight is 357 g/mol. The van der Waals surface area contributed by atoms with E-state index in [0.717, 1.165) is 24.4 Å². The van der Waals surface area contributed by atoms with Gasteiger partial charge in [0, 0.05) is 30.9 Å². The summed E-state index contributed by atoms with van der Waals surface area (Å²) in [6.45, 7) is 5.60. The first-order valence-electron chi connectivity index (χ1n) is 9.20. The van der Waals surface area contributed by atoms with Crippen molar-refractivity contribution in [3.63, 3.8) is 0 Å². The highest BCUT2D eigenvalue weighted by Gasteiger charge is 2.28. The van der Waals surface area contributed by atoms with Crippen molar-refractivity contribution >= 4 is 5.91 Å². The summed E-state index contributed by atoms with van der Waals surface area (Å²) in [5, 5.41) is 9.51. The highest BCUT2D eigenvalue weighted by molar-refractivity contribution is 5.77. The van der Waals surface area contributed by atoms with Gasteiger partial charge in [-0.3, -0.25) is 4.79 Å². The van der Waals surface area contributed by atoms with Crippen molar-refractivity contribution in [3.8, 4) is 5.75 Å². The number of imidazole rings is 1. The first-order valence-corrected chi connectivity index (χ1v) is 9.20. The van der Waals surface area contributed by atoms with Gasteiger partial charge in [-0.2, -0.15) is 0 Å². The summed E-state index contributed by atoms with van der Waals surface area (Å²) in [5.41, 5.74) is 1.07. The molecule has 2 heterocycles. The van der Waals surface area contributed by atoms with Gasteiger partial charge in [-0.15, -0.1) is 0 Å². The van der Waals surface area contributed by atoms with Gasteiger partial charge in [0.05, 0.1) is 12.6 Å². The molecule has 3 rings (SSSR count). The molecular formula is C20H27N3O3. The van der Waals surface area contributed by atoms with Crippen LogP contribution in [0.15, 0.2) is 36.5 Å². The van der Waals surface area contributed by atoms with E-state index >= 15 is 0 Å². The number of nitrogens with zero attached hydrogens (tertiary/aromatic N) is 3. The Kier molecular flexibility index (Phi) is 5.93. The topological polar surface area (TPSA) is 67.6 Å². The quantitative estimate of drug-likeness (QED) is 0.863. The van der Waals surface area contributed by atoms with E-state index in [0.29, 0.717) is 24.8 Å². The van der Waals surface area contributed by atoms with Crippen LogP contribution in [-0.2, 0) is 4.79 Å². The predicted octanol–water partition coefficient (Wildman–Crippen LogP) is 2.53. The molecule has 1 fully saturated rings. The van der Waals surface area contributed by atoms with Gasteiger partial charge in [0.1, 0.15) is 11.6 Å². The Bertz CT molecular complexity index is 721. The van der Waals surface area contributed by atoms with Gasteiger partial charge in [-0.1, -0.05) is 18.2 Å². The molecule has 0 spiro atoms. The number of ether oxygens (including phenoxy) is 1. The van der Waals surface area contributed by atoms with Gasteiger partial charge in [0.2, 0.25) is 0 Å². The number of para-hydroxylation sites is 1. The van der Waals surface area contributed by atoms with Crippen LogP contribution in [0.5, 0.6) is 5.75 Å². The lowest BCUT2D eigenvalue weighted by molar-refractivity contribution is -0.134. The summed E-state index contributed by atoms with van der Waals surface area (Å²) in [6, 6.07) is 9.42. The number of hydrogen-bond donors (Lipinski definition) is 1. The van der Waals surface area contributed by atoms with E-state index in [1.807, 2.05) is 55.3 Å². The van der Waals surface area contributed by atoms with E-state index in [1.54, 1.807) is 0 Å². The third-order valence-corrected chi connectivity index (χ3v) is 5.03. The number of hydrogen-bond acceptors (Lipinski definition) is 4. The zero-order valence-electron chi connectivity index (χ0n) is 15.5. The lowest BCUT2D eigenvalue weighted by Gasteiger charge is -2.32. The Hall–Kier alpha value is -2.34. The number of carbonyl (C=O) groups excluding carboxylic acids is 1. The SMILES string of the molecule is Cc1cnc(C2CCN(C(=O)COc3ccccc3)CC2)n1[C@H](C)CO. The van der Waals surface area contributed by atoms with E-state index in [1.165, 1.54) is 0 Å². The maximum atomic E-state index is 12.4. The number of benzene rings is 1. The van der Waals surface area contributed by atoms with Gasteiger partial charge in [-0.05, 0) is 38.8 Å². The third-order valence-electron chi connectivity index (χ3n) is 5.03. The lowest BCUT2D eigenvalue weighted by atomic mass is 9.95. The molecule has 1 saturated heterocycles. The monoisotopic (exact) mass is 357 g/mol. The van der Waals surface area contributed by atoms with Crippen molar-refractivity contribution in [2.45, 2.75) is 38.6 Å². The standard InChI is InChI=1S/C20H27N3O3/c1-15-12-21-20(23(15)16(2)13-24)17-8-10-22(11-9-17)19(25)14-26-18-6-4-3-5-7-18/h3-7,12,16-17,24H,8-11,13-14H2,1-2H3/t16-/m1/s1. The van der Waals surface area contributed by atoms with Crippen molar-refractivity contribution in [2.75, 3.05) is 26.3 Å². The number of aliphatic hydroxyl groups is 1. The molecule has 0 radical (unpaired) electrons. The fourth-order valence-corrected chi connectivity index (χ4v) is 3.56. The number of piperidine rings is 1. The molecule has 1 N–H and O–H groups in total. The number of amides is 1. The molecule has 26 heavy (non-hydrogen) atoms. The molecule has 6 nitrogen and oxygen atoms in total. The molecule has 0 saturated carbocycles. The Labute approximate surface area is 154 Å². The van der Waals surface area contributed by atoms with Crippen LogP contribution in [0.1, 0.15) is 43.2 Å². The van der Waals surface area contributed by atoms with Crippen LogP contribution in [0.25, 0.3) is 0 Å². The van der Waals surface area contributed by atoms with E-state index in [2.05, 4.69) is 9.55 Å². The molecule has 0 bridgehead atoms. The van der Waals surface area contributed by atoms with Crippen molar-refractivity contribution in [1.29, 1.82) is 0 Å². The van der Waals surface area contributed by atoms with Gasteiger partial charge >= 0.3 is 0 Å². The Morgan fingerprint density at radius 2 is 2.00 bits per heavy atom. The van der Waals surface area contributed by atoms with E-state index in [4.69, 9.17) is 4.74 Å². The van der Waals surface area contributed by atoms with Crippen molar-refractivity contribution < 1.29 is 14.6 Å². The first kappa shape index (κ1) is 18.5. The summed E-state index contributed by atoms with van der Waals surface area (Å²) in [6.07, 6.45) is 3.63. The highest BCUT2D eigenvalue weighted by Crippen LogP contribution is 2.29. The second kappa shape index (κ2) is 8.36. The number of likely N-dealkylation sites (tertiary alicyclic amines) is 1. The summed E-state index contributed by atoms with van der Waals surface area (Å²) in [5.74, 6) is 2.08. The second-order valence-corrected chi connectivity index (χ2v) is 6.92. The predicted molar refractivity (Wildman–Crippen MR) is 99.3 cm³/mol. The molecule has 1 aliphatic rings.